The highest BCUT2D eigenvalue weighted by atomic mass is 14.6. The zero-order valence-electron chi connectivity index (χ0n) is 13.2. The second-order valence-electron chi connectivity index (χ2n) is 6.00. The highest BCUT2D eigenvalue weighted by molar-refractivity contribution is 6.00. The van der Waals surface area contributed by atoms with Crippen LogP contribution in [-0.2, 0) is 6.42 Å². The lowest BCUT2D eigenvalue weighted by molar-refractivity contribution is 0.589. The van der Waals surface area contributed by atoms with Crippen LogP contribution in [0.25, 0.3) is 10.8 Å². The minimum atomic E-state index is 0.820. The number of unbranched alkanes of at least 4 members (excludes halogenated alkanes) is 6. The lowest BCUT2D eigenvalue weighted by Gasteiger charge is -2.09. The fourth-order valence-electron chi connectivity index (χ4n) is 2.93. The van der Waals surface area contributed by atoms with Gasteiger partial charge in [-0.3, -0.25) is 0 Å². The highest BCUT2D eigenvalue weighted by Crippen LogP contribution is 2.28. The monoisotopic (exact) mass is 284 g/mol. The molecule has 2 nitrogen and oxygen atoms in total. The molecule has 2 heteroatoms. The van der Waals surface area contributed by atoms with E-state index >= 15 is 0 Å². The lowest BCUT2D eigenvalue weighted by Crippen LogP contribution is -1.95. The zero-order chi connectivity index (χ0) is 15.1. The van der Waals surface area contributed by atoms with E-state index in [4.69, 9.17) is 11.5 Å². The molecule has 0 aliphatic heterocycles. The van der Waals surface area contributed by atoms with Crippen LogP contribution in [0.3, 0.4) is 0 Å². The van der Waals surface area contributed by atoms with Gasteiger partial charge in [0.1, 0.15) is 0 Å². The van der Waals surface area contributed by atoms with Crippen molar-refractivity contribution < 1.29 is 0 Å². The van der Waals surface area contributed by atoms with E-state index in [1.807, 2.05) is 18.2 Å². The molecular weight excluding hydrogens is 256 g/mol. The van der Waals surface area contributed by atoms with Gasteiger partial charge >= 0.3 is 0 Å². The molecule has 21 heavy (non-hydrogen) atoms. The maximum Gasteiger partial charge on any atom is 0.0397 e. The third-order valence-corrected chi connectivity index (χ3v) is 4.19. The van der Waals surface area contributed by atoms with Crippen LogP contribution in [0.15, 0.2) is 30.3 Å². The van der Waals surface area contributed by atoms with Crippen LogP contribution in [0.4, 0.5) is 11.4 Å². The van der Waals surface area contributed by atoms with E-state index in [9.17, 15) is 0 Å². The minimum absolute atomic E-state index is 0.820. The van der Waals surface area contributed by atoms with Gasteiger partial charge in [-0.1, -0.05) is 57.6 Å². The maximum absolute atomic E-state index is 6.16. The van der Waals surface area contributed by atoms with Crippen LogP contribution < -0.4 is 11.5 Å². The molecule has 0 aliphatic rings. The summed E-state index contributed by atoms with van der Waals surface area (Å²) in [6.45, 7) is 2.26. The summed E-state index contributed by atoms with van der Waals surface area (Å²) in [5.74, 6) is 0. The Morgan fingerprint density at radius 2 is 1.48 bits per heavy atom. The first-order chi connectivity index (χ1) is 10.2. The van der Waals surface area contributed by atoms with Gasteiger partial charge in [-0.05, 0) is 36.6 Å². The number of fused-ring (bicyclic) bond motifs is 1. The molecule has 2 rings (SSSR count). The van der Waals surface area contributed by atoms with Gasteiger partial charge in [0.25, 0.3) is 0 Å². The third-order valence-electron chi connectivity index (χ3n) is 4.19. The van der Waals surface area contributed by atoms with Crippen LogP contribution in [-0.4, -0.2) is 0 Å². The van der Waals surface area contributed by atoms with E-state index in [-0.39, 0.29) is 0 Å². The second-order valence-corrected chi connectivity index (χ2v) is 6.00. The SMILES string of the molecule is CCCCCCCCCc1cc(N)c2cccc(N)c2c1. The molecule has 0 heterocycles. The van der Waals surface area contributed by atoms with Gasteiger partial charge in [-0.25, -0.2) is 0 Å². The summed E-state index contributed by atoms with van der Waals surface area (Å²) in [7, 11) is 0. The summed E-state index contributed by atoms with van der Waals surface area (Å²) in [4.78, 5) is 0. The van der Waals surface area contributed by atoms with Crippen LogP contribution in [0, 0.1) is 0 Å². The predicted molar refractivity (Wildman–Crippen MR) is 94.5 cm³/mol. The first-order valence-electron chi connectivity index (χ1n) is 8.29. The first-order valence-corrected chi connectivity index (χ1v) is 8.29. The van der Waals surface area contributed by atoms with Gasteiger partial charge in [0.2, 0.25) is 0 Å². The van der Waals surface area contributed by atoms with Crippen molar-refractivity contribution in [3.05, 3.63) is 35.9 Å². The van der Waals surface area contributed by atoms with Crippen molar-refractivity contribution >= 4 is 22.1 Å². The molecule has 2 aromatic carbocycles. The van der Waals surface area contributed by atoms with Gasteiger partial charge in [-0.15, -0.1) is 0 Å². The molecule has 0 aromatic heterocycles. The fourth-order valence-corrected chi connectivity index (χ4v) is 2.93. The van der Waals surface area contributed by atoms with E-state index in [0.717, 1.165) is 28.6 Å². The summed E-state index contributed by atoms with van der Waals surface area (Å²) in [5, 5.41) is 2.16. The van der Waals surface area contributed by atoms with Crippen LogP contribution in [0.1, 0.15) is 57.4 Å². The summed E-state index contributed by atoms with van der Waals surface area (Å²) in [6, 6.07) is 10.3. The van der Waals surface area contributed by atoms with E-state index in [1.165, 1.54) is 50.5 Å². The molecule has 114 valence electrons. The summed E-state index contributed by atoms with van der Waals surface area (Å²) < 4.78 is 0. The van der Waals surface area contributed by atoms with Gasteiger partial charge < -0.3 is 11.5 Å². The number of nitrogens with two attached hydrogens (primary N) is 2. The Hall–Kier alpha value is -1.70. The topological polar surface area (TPSA) is 52.0 Å². The molecule has 0 radical (unpaired) electrons. The predicted octanol–water partition coefficient (Wildman–Crippen LogP) is 5.30. The van der Waals surface area contributed by atoms with Crippen LogP contribution >= 0.6 is 0 Å². The van der Waals surface area contributed by atoms with Gasteiger partial charge in [0, 0.05) is 22.1 Å². The molecule has 0 bridgehead atoms. The molecule has 2 aromatic rings. The molecule has 0 atom stereocenters. The summed E-state index contributed by atoms with van der Waals surface area (Å²) >= 11 is 0. The van der Waals surface area contributed by atoms with Crippen LogP contribution in [0.5, 0.6) is 0 Å². The number of hydrogen-bond donors (Lipinski definition) is 2. The van der Waals surface area contributed by atoms with Crippen molar-refractivity contribution in [3.8, 4) is 0 Å². The van der Waals surface area contributed by atoms with Gasteiger partial charge in [0.15, 0.2) is 0 Å². The maximum atomic E-state index is 6.16. The van der Waals surface area contributed by atoms with E-state index in [1.54, 1.807) is 0 Å². The van der Waals surface area contributed by atoms with E-state index in [2.05, 4.69) is 19.1 Å². The minimum Gasteiger partial charge on any atom is -0.398 e. The van der Waals surface area contributed by atoms with Gasteiger partial charge in [-0.2, -0.15) is 0 Å². The Labute approximate surface area is 128 Å². The van der Waals surface area contributed by atoms with Crippen molar-refractivity contribution in [1.82, 2.24) is 0 Å². The number of anilines is 2. The summed E-state index contributed by atoms with van der Waals surface area (Å²) in [6.07, 6.45) is 10.5. The Kier molecular flexibility index (Phi) is 5.91. The first kappa shape index (κ1) is 15.7. The Bertz CT molecular complexity index is 575. The largest absolute Gasteiger partial charge is 0.398 e. The van der Waals surface area contributed by atoms with Crippen molar-refractivity contribution in [2.45, 2.75) is 58.3 Å². The Balaban J connectivity index is 1.89. The number of rotatable bonds is 8. The molecule has 0 saturated carbocycles. The highest BCUT2D eigenvalue weighted by Gasteiger charge is 2.04. The molecular formula is C19H28N2. The molecule has 0 fully saturated rings. The quantitative estimate of drug-likeness (QED) is 0.510. The lowest BCUT2D eigenvalue weighted by atomic mass is 9.99. The summed E-state index contributed by atoms with van der Waals surface area (Å²) in [5.41, 5.74) is 15.2. The number of nitrogen functional groups attached to an aromatic ring is 2. The molecule has 0 saturated heterocycles. The van der Waals surface area contributed by atoms with E-state index in [0.29, 0.717) is 0 Å². The second kappa shape index (κ2) is 7.92. The Morgan fingerprint density at radius 1 is 0.762 bits per heavy atom. The van der Waals surface area contributed by atoms with Crippen molar-refractivity contribution in [2.75, 3.05) is 11.5 Å². The zero-order valence-corrected chi connectivity index (χ0v) is 13.2. The standard InChI is InChI=1S/C19H28N2/c1-2-3-4-5-6-7-8-10-15-13-17-16(19(21)14-15)11-9-12-18(17)20/h9,11-14H,2-8,10,20-21H2,1H3. The third kappa shape index (κ3) is 4.38. The average molecular weight is 284 g/mol. The fraction of sp³-hybridized carbons (Fsp3) is 0.474. The Morgan fingerprint density at radius 3 is 2.24 bits per heavy atom. The van der Waals surface area contributed by atoms with Crippen molar-refractivity contribution in [1.29, 1.82) is 0 Å². The molecule has 0 aliphatic carbocycles. The molecule has 0 spiro atoms. The van der Waals surface area contributed by atoms with Crippen molar-refractivity contribution in [3.63, 3.8) is 0 Å². The molecule has 0 amide bonds. The van der Waals surface area contributed by atoms with Crippen LogP contribution in [0.2, 0.25) is 0 Å². The van der Waals surface area contributed by atoms with E-state index < -0.39 is 0 Å². The number of benzene rings is 2. The number of hydrogen-bond acceptors (Lipinski definition) is 2. The molecule has 0 unspecified atom stereocenters. The van der Waals surface area contributed by atoms with Crippen molar-refractivity contribution in [2.24, 2.45) is 0 Å². The average Bonchev–Trinajstić information content (AvgIpc) is 2.47. The smallest absolute Gasteiger partial charge is 0.0397 e. The van der Waals surface area contributed by atoms with Gasteiger partial charge in [0.05, 0.1) is 0 Å². The normalized spacial score (nSPS) is 11.1. The number of aryl methyl sites for hydroxylation is 1. The molecule has 4 N–H and O–H groups in total.